The third-order valence-corrected chi connectivity index (χ3v) is 1.89. The Kier molecular flexibility index (Phi) is 8.63. The molecule has 0 fully saturated rings. The average Bonchev–Trinajstić information content (AvgIpc) is 2.18. The molecule has 2 nitrogen and oxygen atoms in total. The molecular weight excluding hydrogens is 313 g/mol. The summed E-state index contributed by atoms with van der Waals surface area (Å²) >= 11 is 7.64. The van der Waals surface area contributed by atoms with Gasteiger partial charge in [-0.25, -0.2) is 0 Å². The Labute approximate surface area is 103 Å². The molecule has 0 aliphatic rings. The number of para-hydroxylation sites is 1. The molecule has 0 N–H and O–H groups in total. The summed E-state index contributed by atoms with van der Waals surface area (Å²) in [6.07, 6.45) is 0. The van der Waals surface area contributed by atoms with E-state index in [4.69, 9.17) is 21.1 Å². The molecule has 0 amide bonds. The summed E-state index contributed by atoms with van der Waals surface area (Å²) in [5.74, 6) is 1.54. The molecule has 14 heavy (non-hydrogen) atoms. The van der Waals surface area contributed by atoms with Gasteiger partial charge in [0.2, 0.25) is 0 Å². The van der Waals surface area contributed by atoms with Gasteiger partial charge in [0.15, 0.2) is 11.5 Å². The fourth-order valence-corrected chi connectivity index (χ4v) is 1.28. The van der Waals surface area contributed by atoms with Crippen molar-refractivity contribution in [3.05, 3.63) is 18.2 Å². The zero-order valence-corrected chi connectivity index (χ0v) is 11.5. The van der Waals surface area contributed by atoms with E-state index in [0.717, 1.165) is 16.8 Å². The van der Waals surface area contributed by atoms with Crippen LogP contribution in [0.5, 0.6) is 11.5 Å². The average molecular weight is 326 g/mol. The third kappa shape index (κ3) is 4.62. The van der Waals surface area contributed by atoms with E-state index in [1.165, 1.54) is 0 Å². The minimum atomic E-state index is 0.572. The monoisotopic (exact) mass is 325 g/mol. The molecule has 0 aliphatic carbocycles. The number of hydrogen-bond donors (Lipinski definition) is 0. The Bertz CT molecular complexity index is 271. The first kappa shape index (κ1) is 14.2. The molecule has 83 valence electrons. The molecule has 1 unspecified atom stereocenters. The van der Waals surface area contributed by atoms with Gasteiger partial charge in [-0.3, -0.25) is 0 Å². The van der Waals surface area contributed by atoms with Gasteiger partial charge in [0.25, 0.3) is 0 Å². The first-order valence-corrected chi connectivity index (χ1v) is 5.96. The number of methoxy groups -OCH3 is 2. The summed E-state index contributed by atoms with van der Waals surface area (Å²) < 4.78 is 10.8. The molecule has 0 saturated heterocycles. The Balaban J connectivity index is 0.000000500. The van der Waals surface area contributed by atoms with E-state index in [0.29, 0.717) is 4.35 Å². The van der Waals surface area contributed by atoms with Crippen LogP contribution >= 0.6 is 20.8 Å². The fourth-order valence-electron chi connectivity index (χ4n) is 0.912. The van der Waals surface area contributed by atoms with Gasteiger partial charge in [-0.15, -0.1) is 9.24 Å². The Morgan fingerprint density at radius 3 is 2.29 bits per heavy atom. The normalized spacial score (nSPS) is 8.71. The molecule has 0 radical (unpaired) electrons. The zero-order valence-electron chi connectivity index (χ0n) is 8.03. The number of rotatable bonds is 2. The van der Waals surface area contributed by atoms with Gasteiger partial charge < -0.3 is 9.47 Å². The Morgan fingerprint density at radius 1 is 1.36 bits per heavy atom. The van der Waals surface area contributed by atoms with E-state index in [1.54, 1.807) is 14.2 Å². The number of ether oxygens (including phenoxy) is 2. The summed E-state index contributed by atoms with van der Waals surface area (Å²) in [5, 5.41) is 1.01. The van der Waals surface area contributed by atoms with E-state index in [1.807, 2.05) is 18.2 Å². The van der Waals surface area contributed by atoms with Crippen LogP contribution in [0.3, 0.4) is 0 Å². The summed E-state index contributed by atoms with van der Waals surface area (Å²) in [5.41, 5.74) is 0. The number of alkyl halides is 1. The maximum absolute atomic E-state index is 5.12. The Hall–Kier alpha value is 0.202. The predicted molar refractivity (Wildman–Crippen MR) is 59.6 cm³/mol. The van der Waals surface area contributed by atoms with Crippen LogP contribution in [-0.2, 0) is 19.2 Å². The number of halogens is 1. The first-order chi connectivity index (χ1) is 6.71. The maximum atomic E-state index is 5.12. The summed E-state index contributed by atoms with van der Waals surface area (Å²) in [7, 11) is 5.85. The molecule has 0 heterocycles. The van der Waals surface area contributed by atoms with Crippen molar-refractivity contribution in [3.8, 4) is 11.5 Å². The van der Waals surface area contributed by atoms with Crippen LogP contribution < -0.4 is 14.8 Å². The van der Waals surface area contributed by atoms with Crippen molar-refractivity contribution < 1.29 is 28.7 Å². The van der Waals surface area contributed by atoms with Crippen molar-refractivity contribution in [2.45, 2.75) is 0 Å². The molecule has 1 aromatic carbocycles. The molecule has 5 heteroatoms. The van der Waals surface area contributed by atoms with Crippen LogP contribution in [0.4, 0.5) is 0 Å². The Morgan fingerprint density at radius 2 is 1.93 bits per heavy atom. The van der Waals surface area contributed by atoms with Crippen LogP contribution in [0.25, 0.3) is 0 Å². The van der Waals surface area contributed by atoms with Crippen molar-refractivity contribution in [1.29, 1.82) is 0 Å². The van der Waals surface area contributed by atoms with Gasteiger partial charge in [0.1, 0.15) is 0 Å². The molecule has 1 aromatic rings. The van der Waals surface area contributed by atoms with Crippen LogP contribution in [0.2, 0.25) is 0 Å². The van der Waals surface area contributed by atoms with Gasteiger partial charge in [-0.1, -0.05) is 12.1 Å². The molecule has 1 atom stereocenters. The molecule has 1 rings (SSSR count). The van der Waals surface area contributed by atoms with Gasteiger partial charge in [-0.05, 0) is 6.07 Å². The van der Waals surface area contributed by atoms with Crippen molar-refractivity contribution >= 4 is 26.1 Å². The second-order valence-corrected chi connectivity index (χ2v) is 4.20. The van der Waals surface area contributed by atoms with Crippen molar-refractivity contribution in [3.63, 3.8) is 0 Å². The van der Waals surface area contributed by atoms with Crippen LogP contribution in [0, 0.1) is 0 Å². The van der Waals surface area contributed by atoms with E-state index in [2.05, 4.69) is 28.4 Å². The van der Waals surface area contributed by atoms with E-state index < -0.39 is 0 Å². The molecule has 0 saturated carbocycles. The zero-order chi connectivity index (χ0) is 11.0. The van der Waals surface area contributed by atoms with Crippen LogP contribution in [-0.4, -0.2) is 18.6 Å². The topological polar surface area (TPSA) is 18.5 Å². The van der Waals surface area contributed by atoms with Crippen LogP contribution in [0.15, 0.2) is 18.2 Å². The van der Waals surface area contributed by atoms with Crippen molar-refractivity contribution in [2.24, 2.45) is 0 Å². The molecule has 0 bridgehead atoms. The molecule has 0 aliphatic heterocycles. The summed E-state index contributed by atoms with van der Waals surface area (Å²) in [6.45, 7) is 0. The fraction of sp³-hybridized carbons (Fsp3) is 0.333. The quantitative estimate of drug-likeness (QED) is 0.470. The SMILES string of the molecule is COc1cccc(P)c1OC.Cl[CH2][Pd]. The molecule has 0 spiro atoms. The standard InChI is InChI=1S/C8H11O2P.CH2Cl.Pd/c1-9-6-4-3-5-7(11)8(6)10-2;1-2;/h3-5H,11H2,1-2H3;1H2;. The molecular formula is C9H13ClO2PPd. The van der Waals surface area contributed by atoms with E-state index in [-0.39, 0.29) is 0 Å². The predicted octanol–water partition coefficient (Wildman–Crippen LogP) is 1.93. The summed E-state index contributed by atoms with van der Waals surface area (Å²) in [4.78, 5) is 0. The van der Waals surface area contributed by atoms with Gasteiger partial charge >= 0.3 is 35.2 Å². The summed E-state index contributed by atoms with van der Waals surface area (Å²) in [6, 6.07) is 5.74. The van der Waals surface area contributed by atoms with E-state index in [9.17, 15) is 0 Å². The van der Waals surface area contributed by atoms with Crippen molar-refractivity contribution in [1.82, 2.24) is 0 Å². The van der Waals surface area contributed by atoms with E-state index >= 15 is 0 Å². The minimum absolute atomic E-state index is 0.572. The number of hydrogen-bond acceptors (Lipinski definition) is 2. The number of benzene rings is 1. The first-order valence-electron chi connectivity index (χ1n) is 3.75. The third-order valence-electron chi connectivity index (χ3n) is 1.43. The van der Waals surface area contributed by atoms with Crippen LogP contribution in [0.1, 0.15) is 0 Å². The molecule has 0 aromatic heterocycles. The van der Waals surface area contributed by atoms with Gasteiger partial charge in [0.05, 0.1) is 14.2 Å². The van der Waals surface area contributed by atoms with Crippen molar-refractivity contribution in [2.75, 3.05) is 18.6 Å². The van der Waals surface area contributed by atoms with Gasteiger partial charge in [-0.2, -0.15) is 0 Å². The second kappa shape index (κ2) is 8.51. The van der Waals surface area contributed by atoms with Gasteiger partial charge in [0, 0.05) is 5.30 Å². The second-order valence-electron chi connectivity index (χ2n) is 2.17.